The molecule has 1 atom stereocenters. The first-order valence-electron chi connectivity index (χ1n) is 5.88. The first-order valence-corrected chi connectivity index (χ1v) is 6.26. The topological polar surface area (TPSA) is 69.5 Å². The molecule has 0 unspecified atom stereocenters. The van der Waals surface area contributed by atoms with Crippen molar-refractivity contribution >= 4 is 17.4 Å². The monoisotopic (exact) mass is 273 g/mol. The summed E-state index contributed by atoms with van der Waals surface area (Å²) in [5.74, 6) is 0.280. The van der Waals surface area contributed by atoms with Gasteiger partial charge < -0.3 is 15.1 Å². The van der Waals surface area contributed by atoms with E-state index in [0.717, 1.165) is 6.42 Å². The second-order valence-electron chi connectivity index (χ2n) is 5.00. The summed E-state index contributed by atoms with van der Waals surface area (Å²) in [6.45, 7) is 6.15. The second kappa shape index (κ2) is 5.71. The lowest BCUT2D eigenvalue weighted by atomic mass is 9.81. The minimum atomic E-state index is -0.167. The molecule has 0 radical (unpaired) electrons. The molecule has 0 aliphatic carbocycles. The van der Waals surface area contributed by atoms with Crippen molar-refractivity contribution in [3.8, 4) is 5.75 Å². The SMILES string of the molecule is CCC(C)(C)[C@@H](CO)N(C)c1nc(Cl)ncc1O. The predicted molar refractivity (Wildman–Crippen MR) is 72.1 cm³/mol. The van der Waals surface area contributed by atoms with Crippen molar-refractivity contribution in [1.82, 2.24) is 9.97 Å². The molecule has 0 bridgehead atoms. The number of halogens is 1. The van der Waals surface area contributed by atoms with E-state index in [1.54, 1.807) is 11.9 Å². The van der Waals surface area contributed by atoms with Gasteiger partial charge >= 0.3 is 0 Å². The average molecular weight is 274 g/mol. The van der Waals surface area contributed by atoms with E-state index in [4.69, 9.17) is 11.6 Å². The molecular weight excluding hydrogens is 254 g/mol. The van der Waals surface area contributed by atoms with Crippen LogP contribution in [0.1, 0.15) is 27.2 Å². The molecule has 0 spiro atoms. The van der Waals surface area contributed by atoms with Crippen LogP contribution < -0.4 is 4.90 Å². The van der Waals surface area contributed by atoms with E-state index in [2.05, 4.69) is 30.7 Å². The van der Waals surface area contributed by atoms with Crippen LogP contribution in [-0.2, 0) is 0 Å². The summed E-state index contributed by atoms with van der Waals surface area (Å²) >= 11 is 5.73. The van der Waals surface area contributed by atoms with Crippen LogP contribution in [0.5, 0.6) is 5.75 Å². The number of aliphatic hydroxyl groups excluding tert-OH is 1. The van der Waals surface area contributed by atoms with E-state index in [0.29, 0.717) is 5.82 Å². The van der Waals surface area contributed by atoms with Gasteiger partial charge in [-0.1, -0.05) is 20.8 Å². The maximum atomic E-state index is 9.78. The van der Waals surface area contributed by atoms with Gasteiger partial charge in [0.1, 0.15) is 0 Å². The highest BCUT2D eigenvalue weighted by Crippen LogP contribution is 2.33. The van der Waals surface area contributed by atoms with Crippen LogP contribution in [0.15, 0.2) is 6.20 Å². The van der Waals surface area contributed by atoms with Gasteiger partial charge in [-0.05, 0) is 23.4 Å². The number of nitrogens with zero attached hydrogens (tertiary/aromatic N) is 3. The molecule has 0 fully saturated rings. The van der Waals surface area contributed by atoms with Crippen molar-refractivity contribution < 1.29 is 10.2 Å². The minimum absolute atomic E-state index is 0.0294. The fourth-order valence-electron chi connectivity index (χ4n) is 1.88. The molecular formula is C12H20ClN3O2. The molecule has 102 valence electrons. The van der Waals surface area contributed by atoms with Gasteiger partial charge in [-0.15, -0.1) is 0 Å². The van der Waals surface area contributed by atoms with E-state index >= 15 is 0 Å². The third-order valence-corrected chi connectivity index (χ3v) is 3.69. The van der Waals surface area contributed by atoms with Crippen molar-refractivity contribution in [3.05, 3.63) is 11.5 Å². The minimum Gasteiger partial charge on any atom is -0.503 e. The summed E-state index contributed by atoms with van der Waals surface area (Å²) in [7, 11) is 1.77. The maximum absolute atomic E-state index is 9.78. The predicted octanol–water partition coefficient (Wildman–Crippen LogP) is 2.07. The summed E-state index contributed by atoms with van der Waals surface area (Å²) in [6, 6.07) is -0.167. The number of likely N-dealkylation sites (N-methyl/N-ethyl adjacent to an activating group) is 1. The Morgan fingerprint density at radius 3 is 2.61 bits per heavy atom. The summed E-state index contributed by atoms with van der Waals surface area (Å²) < 4.78 is 0. The summed E-state index contributed by atoms with van der Waals surface area (Å²) in [5, 5.41) is 19.4. The number of rotatable bonds is 5. The van der Waals surface area contributed by atoms with E-state index in [-0.39, 0.29) is 29.1 Å². The van der Waals surface area contributed by atoms with Crippen LogP contribution in [0.25, 0.3) is 0 Å². The molecule has 0 aliphatic heterocycles. The molecule has 1 rings (SSSR count). The van der Waals surface area contributed by atoms with E-state index in [1.807, 2.05) is 0 Å². The number of aromatic nitrogens is 2. The Labute approximate surface area is 112 Å². The third kappa shape index (κ3) is 3.03. The molecule has 0 amide bonds. The Bertz CT molecular complexity index is 412. The fraction of sp³-hybridized carbons (Fsp3) is 0.667. The Hall–Kier alpha value is -1.07. The van der Waals surface area contributed by atoms with Gasteiger partial charge in [-0.3, -0.25) is 0 Å². The highest BCUT2D eigenvalue weighted by molar-refractivity contribution is 6.28. The van der Waals surface area contributed by atoms with Gasteiger partial charge in [0.2, 0.25) is 5.28 Å². The number of aromatic hydroxyl groups is 1. The van der Waals surface area contributed by atoms with Crippen molar-refractivity contribution in [3.63, 3.8) is 0 Å². The van der Waals surface area contributed by atoms with E-state index in [1.165, 1.54) is 6.20 Å². The van der Waals surface area contributed by atoms with Crippen LogP contribution in [0.3, 0.4) is 0 Å². The van der Waals surface area contributed by atoms with Crippen molar-refractivity contribution in [1.29, 1.82) is 0 Å². The van der Waals surface area contributed by atoms with Crippen molar-refractivity contribution in [2.75, 3.05) is 18.6 Å². The van der Waals surface area contributed by atoms with E-state index in [9.17, 15) is 10.2 Å². The Kier molecular flexibility index (Phi) is 4.76. The normalized spacial score (nSPS) is 13.4. The molecule has 0 saturated carbocycles. The van der Waals surface area contributed by atoms with Crippen molar-refractivity contribution in [2.45, 2.75) is 33.2 Å². The fourth-order valence-corrected chi connectivity index (χ4v) is 2.01. The number of anilines is 1. The standard InChI is InChI=1S/C12H20ClN3O2/c1-5-12(2,3)9(7-17)16(4)10-8(18)6-14-11(13)15-10/h6,9,17-18H,5,7H2,1-4H3/t9-/m1/s1. The largest absolute Gasteiger partial charge is 0.503 e. The number of hydrogen-bond acceptors (Lipinski definition) is 5. The first kappa shape index (κ1) is 15.0. The first-order chi connectivity index (χ1) is 8.33. The average Bonchev–Trinajstić information content (AvgIpc) is 2.32. The van der Waals surface area contributed by atoms with Gasteiger partial charge in [-0.25, -0.2) is 4.98 Å². The summed E-state index contributed by atoms with van der Waals surface area (Å²) in [5.41, 5.74) is -0.118. The Balaban J connectivity index is 3.11. The van der Waals surface area contributed by atoms with Gasteiger partial charge in [0.25, 0.3) is 0 Å². The summed E-state index contributed by atoms with van der Waals surface area (Å²) in [4.78, 5) is 9.46. The smallest absolute Gasteiger partial charge is 0.224 e. The van der Waals surface area contributed by atoms with Crippen molar-refractivity contribution in [2.24, 2.45) is 5.41 Å². The Morgan fingerprint density at radius 2 is 2.11 bits per heavy atom. The lowest BCUT2D eigenvalue weighted by Crippen LogP contribution is -2.46. The maximum Gasteiger partial charge on any atom is 0.224 e. The molecule has 1 aromatic rings. The van der Waals surface area contributed by atoms with Crippen LogP contribution in [0.2, 0.25) is 5.28 Å². The van der Waals surface area contributed by atoms with Gasteiger partial charge in [-0.2, -0.15) is 4.98 Å². The van der Waals surface area contributed by atoms with Gasteiger partial charge in [0.15, 0.2) is 11.6 Å². The van der Waals surface area contributed by atoms with E-state index < -0.39 is 0 Å². The van der Waals surface area contributed by atoms with Crippen LogP contribution in [0.4, 0.5) is 5.82 Å². The molecule has 0 aromatic carbocycles. The molecule has 5 nitrogen and oxygen atoms in total. The third-order valence-electron chi connectivity index (χ3n) is 3.51. The van der Waals surface area contributed by atoms with Crippen LogP contribution in [0, 0.1) is 5.41 Å². The van der Waals surface area contributed by atoms with Gasteiger partial charge in [0.05, 0.1) is 18.8 Å². The van der Waals surface area contributed by atoms with Crippen LogP contribution in [-0.4, -0.2) is 39.9 Å². The Morgan fingerprint density at radius 1 is 1.50 bits per heavy atom. The highest BCUT2D eigenvalue weighted by atomic mass is 35.5. The molecule has 1 heterocycles. The molecule has 1 aromatic heterocycles. The number of hydrogen-bond donors (Lipinski definition) is 2. The molecule has 0 saturated heterocycles. The zero-order valence-electron chi connectivity index (χ0n) is 11.2. The summed E-state index contributed by atoms with van der Waals surface area (Å²) in [6.07, 6.45) is 2.15. The molecule has 18 heavy (non-hydrogen) atoms. The lowest BCUT2D eigenvalue weighted by molar-refractivity contribution is 0.165. The number of aliphatic hydroxyl groups is 1. The highest BCUT2D eigenvalue weighted by Gasteiger charge is 2.32. The lowest BCUT2D eigenvalue weighted by Gasteiger charge is -2.39. The second-order valence-corrected chi connectivity index (χ2v) is 5.34. The molecule has 0 aliphatic rings. The van der Waals surface area contributed by atoms with Gasteiger partial charge in [0, 0.05) is 7.05 Å². The molecule has 2 N–H and O–H groups in total. The molecule has 6 heteroatoms. The zero-order chi connectivity index (χ0) is 13.9. The zero-order valence-corrected chi connectivity index (χ0v) is 11.9. The van der Waals surface area contributed by atoms with Crippen LogP contribution >= 0.6 is 11.6 Å². The quantitative estimate of drug-likeness (QED) is 0.804.